The van der Waals surface area contributed by atoms with Gasteiger partial charge in [-0.3, -0.25) is 4.79 Å². The molecule has 0 aliphatic rings. The zero-order valence-corrected chi connectivity index (χ0v) is 17.3. The van der Waals surface area contributed by atoms with Gasteiger partial charge in [-0.1, -0.05) is 74.6 Å². The maximum atomic E-state index is 10.9. The lowest BCUT2D eigenvalue weighted by atomic mass is 10.2. The second kappa shape index (κ2) is 20.4. The first-order valence-electron chi connectivity index (χ1n) is 10.4. The van der Waals surface area contributed by atoms with E-state index < -0.39 is 12.0 Å². The quantitative estimate of drug-likeness (QED) is 0.230. The van der Waals surface area contributed by atoms with Crippen LogP contribution >= 0.6 is 0 Å². The van der Waals surface area contributed by atoms with Crippen LogP contribution in [0.4, 0.5) is 0 Å². The Hall–Kier alpha value is -1.87. The second-order valence-electron chi connectivity index (χ2n) is 6.46. The number of hydrogen-bond donors (Lipinski definition) is 2. The van der Waals surface area contributed by atoms with E-state index in [2.05, 4.69) is 73.0 Å². The van der Waals surface area contributed by atoms with Crippen LogP contribution in [-0.4, -0.2) is 23.7 Å². The number of rotatable bonds is 17. The molecule has 1 atom stereocenters. The fourth-order valence-electron chi connectivity index (χ4n) is 2.44. The molecule has 0 aliphatic carbocycles. The van der Waals surface area contributed by atoms with E-state index in [-0.39, 0.29) is 0 Å². The summed E-state index contributed by atoms with van der Waals surface area (Å²) >= 11 is 0. The van der Waals surface area contributed by atoms with Crippen LogP contribution in [0.1, 0.15) is 71.6 Å². The molecule has 0 amide bonds. The Morgan fingerprint density at radius 2 is 1.26 bits per heavy atom. The number of carbonyl (C=O) groups is 1. The topological polar surface area (TPSA) is 49.3 Å². The normalized spacial score (nSPS) is 13.9. The van der Waals surface area contributed by atoms with Gasteiger partial charge in [-0.05, 0) is 64.3 Å². The molecule has 27 heavy (non-hydrogen) atoms. The molecule has 0 aromatic heterocycles. The Morgan fingerprint density at radius 1 is 0.778 bits per heavy atom. The number of hydrogen-bond acceptors (Lipinski definition) is 2. The average molecular weight is 374 g/mol. The van der Waals surface area contributed by atoms with Crippen molar-refractivity contribution < 1.29 is 9.90 Å². The number of carboxylic acid groups (broad SMARTS) is 1. The third-order valence-corrected chi connectivity index (χ3v) is 4.05. The minimum Gasteiger partial charge on any atom is -0.480 e. The largest absolute Gasteiger partial charge is 0.480 e. The number of allylic oxidation sites excluding steroid dienone is 10. The zero-order chi connectivity index (χ0) is 20.0. The molecule has 1 unspecified atom stereocenters. The highest BCUT2D eigenvalue weighted by molar-refractivity contribution is 5.73. The van der Waals surface area contributed by atoms with Crippen molar-refractivity contribution in [2.24, 2.45) is 0 Å². The lowest BCUT2D eigenvalue weighted by Gasteiger charge is -2.11. The molecule has 2 N–H and O–H groups in total. The maximum Gasteiger partial charge on any atom is 0.320 e. The van der Waals surface area contributed by atoms with Crippen molar-refractivity contribution >= 4 is 5.97 Å². The third-order valence-electron chi connectivity index (χ3n) is 4.05. The summed E-state index contributed by atoms with van der Waals surface area (Å²) < 4.78 is 0. The van der Waals surface area contributed by atoms with Gasteiger partial charge >= 0.3 is 5.97 Å². The fourth-order valence-corrected chi connectivity index (χ4v) is 2.44. The van der Waals surface area contributed by atoms with Crippen LogP contribution in [0.15, 0.2) is 60.8 Å². The lowest BCUT2D eigenvalue weighted by molar-refractivity contribution is -0.139. The van der Waals surface area contributed by atoms with Crippen LogP contribution < -0.4 is 5.32 Å². The Labute approximate surface area is 166 Å². The molecular formula is C24H39NO2. The van der Waals surface area contributed by atoms with Crippen LogP contribution in [0.25, 0.3) is 0 Å². The summed E-state index contributed by atoms with van der Waals surface area (Å²) in [6.07, 6.45) is 31.0. The minimum atomic E-state index is -0.754. The molecule has 0 rings (SSSR count). The number of nitrogens with one attached hydrogen (secondary N) is 1. The van der Waals surface area contributed by atoms with E-state index in [4.69, 9.17) is 5.11 Å². The summed E-state index contributed by atoms with van der Waals surface area (Å²) in [5.41, 5.74) is 0. The summed E-state index contributed by atoms with van der Waals surface area (Å²) in [6.45, 7) is 4.82. The van der Waals surface area contributed by atoms with Gasteiger partial charge in [0.05, 0.1) is 0 Å². The van der Waals surface area contributed by atoms with Gasteiger partial charge in [-0.25, -0.2) is 0 Å². The van der Waals surface area contributed by atoms with E-state index in [1.807, 2.05) is 6.92 Å². The highest BCUT2D eigenvalue weighted by Crippen LogP contribution is 2.00. The SMILES string of the molecule is CC/C=C\C/C=C\C/C=C\C/C=C\C/C=C\CCCCNC(CC)C(=O)O. The standard InChI is InChI=1S/C24H39NO2/c1-3-5-6-7-8-9-10-11-12-13-14-15-16-17-18-19-20-21-22-25-23(4-2)24(26)27/h5-6,8-9,11-12,14-15,17-18,23,25H,3-4,7,10,13,16,19-22H2,1-2H3,(H,26,27)/b6-5-,9-8-,12-11-,15-14-,18-17-. The first-order valence-corrected chi connectivity index (χ1v) is 10.4. The van der Waals surface area contributed by atoms with E-state index in [1.165, 1.54) is 0 Å². The van der Waals surface area contributed by atoms with Crippen molar-refractivity contribution in [2.45, 2.75) is 77.7 Å². The van der Waals surface area contributed by atoms with Crippen molar-refractivity contribution in [1.82, 2.24) is 5.32 Å². The van der Waals surface area contributed by atoms with Crippen LogP contribution in [0, 0.1) is 0 Å². The lowest BCUT2D eigenvalue weighted by Crippen LogP contribution is -2.36. The molecule has 0 aromatic carbocycles. The molecule has 0 aromatic rings. The van der Waals surface area contributed by atoms with Crippen molar-refractivity contribution in [3.63, 3.8) is 0 Å². The average Bonchev–Trinajstić information content (AvgIpc) is 2.66. The van der Waals surface area contributed by atoms with Crippen LogP contribution in [0.5, 0.6) is 0 Å². The molecule has 0 heterocycles. The third kappa shape index (κ3) is 18.7. The Balaban J connectivity index is 3.51. The molecule has 0 spiro atoms. The molecule has 0 fully saturated rings. The molecule has 0 radical (unpaired) electrons. The Bertz CT molecular complexity index is 487. The molecule has 152 valence electrons. The summed E-state index contributed by atoms with van der Waals surface area (Å²) in [5.74, 6) is -0.754. The van der Waals surface area contributed by atoms with Crippen LogP contribution in [-0.2, 0) is 4.79 Å². The number of aliphatic carboxylic acids is 1. The molecule has 0 bridgehead atoms. The summed E-state index contributed by atoms with van der Waals surface area (Å²) in [4.78, 5) is 10.9. The van der Waals surface area contributed by atoms with Crippen LogP contribution in [0.3, 0.4) is 0 Å². The van der Waals surface area contributed by atoms with Gasteiger partial charge in [0.1, 0.15) is 6.04 Å². The van der Waals surface area contributed by atoms with Crippen molar-refractivity contribution in [3.8, 4) is 0 Å². The van der Waals surface area contributed by atoms with E-state index in [0.29, 0.717) is 6.42 Å². The van der Waals surface area contributed by atoms with Gasteiger partial charge in [0, 0.05) is 0 Å². The highest BCUT2D eigenvalue weighted by atomic mass is 16.4. The van der Waals surface area contributed by atoms with Gasteiger partial charge in [0.2, 0.25) is 0 Å². The Kier molecular flexibility index (Phi) is 19.0. The summed E-state index contributed by atoms with van der Waals surface area (Å²) in [6, 6.07) is -0.404. The molecule has 0 saturated heterocycles. The second-order valence-corrected chi connectivity index (χ2v) is 6.46. The van der Waals surface area contributed by atoms with Gasteiger partial charge in [-0.2, -0.15) is 0 Å². The first-order chi connectivity index (χ1) is 13.2. The fraction of sp³-hybridized carbons (Fsp3) is 0.542. The van der Waals surface area contributed by atoms with Gasteiger partial charge < -0.3 is 10.4 Å². The molecule has 0 aliphatic heterocycles. The number of carboxylic acids is 1. The van der Waals surface area contributed by atoms with E-state index in [0.717, 1.165) is 57.9 Å². The summed E-state index contributed by atoms with van der Waals surface area (Å²) in [7, 11) is 0. The predicted molar refractivity (Wildman–Crippen MR) is 118 cm³/mol. The molecule has 3 heteroatoms. The smallest absolute Gasteiger partial charge is 0.320 e. The van der Waals surface area contributed by atoms with Gasteiger partial charge in [0.25, 0.3) is 0 Å². The summed E-state index contributed by atoms with van der Waals surface area (Å²) in [5, 5.41) is 12.0. The Morgan fingerprint density at radius 3 is 1.70 bits per heavy atom. The van der Waals surface area contributed by atoms with Crippen molar-refractivity contribution in [3.05, 3.63) is 60.8 Å². The first kappa shape index (κ1) is 25.1. The monoisotopic (exact) mass is 373 g/mol. The molecule has 3 nitrogen and oxygen atoms in total. The maximum absolute atomic E-state index is 10.9. The van der Waals surface area contributed by atoms with E-state index in [9.17, 15) is 4.79 Å². The number of unbranched alkanes of at least 4 members (excludes halogenated alkanes) is 2. The van der Waals surface area contributed by atoms with Gasteiger partial charge in [-0.15, -0.1) is 0 Å². The van der Waals surface area contributed by atoms with E-state index in [1.54, 1.807) is 0 Å². The zero-order valence-electron chi connectivity index (χ0n) is 17.3. The van der Waals surface area contributed by atoms with E-state index >= 15 is 0 Å². The molecular weight excluding hydrogens is 334 g/mol. The minimum absolute atomic E-state index is 0.404. The van der Waals surface area contributed by atoms with Gasteiger partial charge in [0.15, 0.2) is 0 Å². The molecule has 0 saturated carbocycles. The predicted octanol–water partition coefficient (Wildman–Crippen LogP) is 6.36. The van der Waals surface area contributed by atoms with Crippen molar-refractivity contribution in [1.29, 1.82) is 0 Å². The van der Waals surface area contributed by atoms with Crippen LogP contribution in [0.2, 0.25) is 0 Å². The highest BCUT2D eigenvalue weighted by Gasteiger charge is 2.12. The van der Waals surface area contributed by atoms with Crippen molar-refractivity contribution in [2.75, 3.05) is 6.54 Å².